The van der Waals surface area contributed by atoms with E-state index >= 15 is 0 Å². The number of hydrogen-bond acceptors (Lipinski definition) is 8. The van der Waals surface area contributed by atoms with Gasteiger partial charge in [-0.2, -0.15) is 5.10 Å². The topological polar surface area (TPSA) is 136 Å². The highest BCUT2D eigenvalue weighted by Gasteiger charge is 2.24. The molecule has 0 atom stereocenters. The number of rotatable bonds is 8. The Labute approximate surface area is 246 Å². The number of aryl methyl sites for hydroxylation is 1. The second kappa shape index (κ2) is 10.9. The van der Waals surface area contributed by atoms with Gasteiger partial charge in [0, 0.05) is 42.9 Å². The Hall–Kier alpha value is -4.62. The van der Waals surface area contributed by atoms with E-state index in [9.17, 15) is 22.0 Å². The fourth-order valence-corrected chi connectivity index (χ4v) is 5.90. The molecule has 0 aliphatic carbocycles. The van der Waals surface area contributed by atoms with E-state index in [0.29, 0.717) is 30.0 Å². The summed E-state index contributed by atoms with van der Waals surface area (Å²) >= 11 is 0. The Morgan fingerprint density at radius 2 is 1.91 bits per heavy atom. The third-order valence-corrected chi connectivity index (χ3v) is 8.49. The third-order valence-electron chi connectivity index (χ3n) is 7.57. The number of sulfone groups is 1. The molecule has 0 fully saturated rings. The minimum absolute atomic E-state index is 0.0211. The number of ketones is 1. The lowest BCUT2D eigenvalue weighted by Crippen LogP contribution is -2.34. The number of fused-ring (bicyclic) bond motifs is 3. The van der Waals surface area contributed by atoms with E-state index in [0.717, 1.165) is 47.1 Å². The molecule has 3 aromatic heterocycles. The highest BCUT2D eigenvalue weighted by atomic mass is 32.2. The molecule has 0 radical (unpaired) electrons. The van der Waals surface area contributed by atoms with Gasteiger partial charge in [0.1, 0.15) is 15.7 Å². The molecule has 0 saturated carbocycles. The van der Waals surface area contributed by atoms with Crippen LogP contribution in [0.1, 0.15) is 32.7 Å². The number of nitrogen functional groups attached to an aromatic ring is 1. The van der Waals surface area contributed by atoms with Crippen molar-refractivity contribution in [3.8, 4) is 17.3 Å². The number of carbonyl (C=O) groups is 1. The van der Waals surface area contributed by atoms with Crippen LogP contribution in [0.25, 0.3) is 16.6 Å². The number of nitrogens with two attached hydrogens (primary N) is 1. The molecule has 0 spiro atoms. The maximum absolute atomic E-state index is 14.0. The van der Waals surface area contributed by atoms with Gasteiger partial charge in [0.25, 0.3) is 0 Å². The van der Waals surface area contributed by atoms with E-state index in [2.05, 4.69) is 20.0 Å². The van der Waals surface area contributed by atoms with Gasteiger partial charge in [0.05, 0.1) is 35.1 Å². The average Bonchev–Trinajstić information content (AvgIpc) is 3.57. The zero-order valence-electron chi connectivity index (χ0n) is 23.4. The van der Waals surface area contributed by atoms with E-state index in [1.165, 1.54) is 35.5 Å². The molecular weight excluding hydrogens is 578 g/mol. The van der Waals surface area contributed by atoms with Crippen molar-refractivity contribution < 1.29 is 26.7 Å². The predicted molar refractivity (Wildman–Crippen MR) is 157 cm³/mol. The van der Waals surface area contributed by atoms with Crippen LogP contribution in [0.15, 0.2) is 54.9 Å². The number of halogens is 2. The molecule has 4 heterocycles. The summed E-state index contributed by atoms with van der Waals surface area (Å²) in [5, 5.41) is 5.25. The first-order valence-corrected chi connectivity index (χ1v) is 15.5. The monoisotopic (exact) mass is 606 g/mol. The number of para-hydroxylation sites is 1. The second-order valence-electron chi connectivity index (χ2n) is 10.6. The summed E-state index contributed by atoms with van der Waals surface area (Å²) < 4.78 is 57.9. The van der Waals surface area contributed by atoms with Crippen LogP contribution in [-0.4, -0.2) is 63.9 Å². The van der Waals surface area contributed by atoms with Gasteiger partial charge in [-0.1, -0.05) is 12.1 Å². The zero-order valence-corrected chi connectivity index (χ0v) is 24.2. The van der Waals surface area contributed by atoms with E-state index in [4.69, 9.17) is 10.5 Å². The van der Waals surface area contributed by atoms with Crippen molar-refractivity contribution in [2.45, 2.75) is 19.9 Å². The number of ether oxygens (including phenoxy) is 1. The van der Waals surface area contributed by atoms with Crippen LogP contribution in [0.2, 0.25) is 0 Å². The molecule has 1 aliphatic rings. The Bertz CT molecular complexity index is 1980. The van der Waals surface area contributed by atoms with Crippen molar-refractivity contribution >= 4 is 32.3 Å². The molecule has 5 aromatic rings. The Morgan fingerprint density at radius 1 is 1.14 bits per heavy atom. The number of nitrogens with one attached hydrogen (secondary N) is 1. The molecule has 0 saturated heterocycles. The van der Waals surface area contributed by atoms with Crippen molar-refractivity contribution in [2.75, 3.05) is 30.8 Å². The fraction of sp³-hybridized carbons (Fsp3) is 0.233. The lowest BCUT2D eigenvalue weighted by Gasteiger charge is -2.28. The molecule has 0 bridgehead atoms. The largest absolute Gasteiger partial charge is 0.433 e. The van der Waals surface area contributed by atoms with E-state index in [1.807, 2.05) is 18.2 Å². The fourth-order valence-electron chi connectivity index (χ4n) is 5.31. The third kappa shape index (κ3) is 5.60. The lowest BCUT2D eigenvalue weighted by atomic mass is 9.96. The summed E-state index contributed by atoms with van der Waals surface area (Å²) in [7, 11) is -3.04. The van der Waals surface area contributed by atoms with Crippen LogP contribution in [-0.2, 0) is 22.8 Å². The number of H-pyrrole nitrogens is 1. The van der Waals surface area contributed by atoms with E-state index < -0.39 is 27.2 Å². The number of aromatic amines is 1. The molecule has 2 aromatic carbocycles. The van der Waals surface area contributed by atoms with E-state index in [-0.39, 0.29) is 28.8 Å². The number of benzene rings is 2. The van der Waals surface area contributed by atoms with Crippen LogP contribution in [0.5, 0.6) is 11.6 Å². The quantitative estimate of drug-likeness (QED) is 0.249. The highest BCUT2D eigenvalue weighted by molar-refractivity contribution is 7.90. The first kappa shape index (κ1) is 28.5. The molecule has 0 unspecified atom stereocenters. The van der Waals surface area contributed by atoms with Gasteiger partial charge >= 0.3 is 0 Å². The molecule has 1 aliphatic heterocycles. The summed E-state index contributed by atoms with van der Waals surface area (Å²) in [5.41, 5.74) is 11.0. The predicted octanol–water partition coefficient (Wildman–Crippen LogP) is 4.34. The Morgan fingerprint density at radius 3 is 2.63 bits per heavy atom. The number of nitrogens with zero attached hydrogens (tertiary/aromatic N) is 4. The van der Waals surface area contributed by atoms with Crippen LogP contribution >= 0.6 is 0 Å². The van der Waals surface area contributed by atoms with E-state index in [1.54, 1.807) is 6.92 Å². The minimum Gasteiger partial charge on any atom is -0.433 e. The minimum atomic E-state index is -3.04. The highest BCUT2D eigenvalue weighted by Crippen LogP contribution is 2.31. The molecule has 10 nitrogen and oxygen atoms in total. The van der Waals surface area contributed by atoms with Gasteiger partial charge in [0.15, 0.2) is 11.6 Å². The molecule has 0 amide bonds. The standard InChI is InChI=1S/C30H28F2N6O4S/c1-17-12-27(42-29-22(31)4-3-5-23(29)32)34-15-26(17)38-30(33)21(14-35-38)28(39)25-13-20-19-8-9-37(10-11-43(2,40)41)16-18(19)6-7-24(20)36-25/h3-7,12-15,36H,8-11,16,33H2,1-2H3. The molecule has 6 rings (SSSR count). The SMILES string of the molecule is Cc1cc(Oc2c(F)cccc2F)ncc1-n1ncc(C(=O)c2cc3c4c(ccc3[nH]2)CN(CCS(C)(=O)=O)CC4)c1N. The van der Waals surface area contributed by atoms with Crippen molar-refractivity contribution in [1.29, 1.82) is 0 Å². The maximum Gasteiger partial charge on any atom is 0.219 e. The summed E-state index contributed by atoms with van der Waals surface area (Å²) in [6.07, 6.45) is 4.76. The van der Waals surface area contributed by atoms with Gasteiger partial charge in [-0.05, 0) is 54.3 Å². The van der Waals surface area contributed by atoms with Gasteiger partial charge in [-0.25, -0.2) is 26.9 Å². The molecule has 13 heteroatoms. The van der Waals surface area contributed by atoms with Crippen LogP contribution in [0, 0.1) is 18.6 Å². The molecule has 222 valence electrons. The number of carbonyl (C=O) groups excluding carboxylic acids is 1. The zero-order chi connectivity index (χ0) is 30.5. The Kier molecular flexibility index (Phi) is 7.22. The molecule has 3 N–H and O–H groups in total. The smallest absolute Gasteiger partial charge is 0.219 e. The number of hydrogen-bond donors (Lipinski definition) is 2. The first-order chi connectivity index (χ1) is 20.5. The normalized spacial score (nSPS) is 13.8. The molecule has 43 heavy (non-hydrogen) atoms. The number of aromatic nitrogens is 4. The number of anilines is 1. The summed E-state index contributed by atoms with van der Waals surface area (Å²) in [6, 6.07) is 10.6. The maximum atomic E-state index is 14.0. The lowest BCUT2D eigenvalue weighted by molar-refractivity contribution is 0.103. The summed E-state index contributed by atoms with van der Waals surface area (Å²) in [5.74, 6) is -2.40. The van der Waals surface area contributed by atoms with Crippen molar-refractivity contribution in [1.82, 2.24) is 24.6 Å². The first-order valence-electron chi connectivity index (χ1n) is 13.5. The van der Waals surface area contributed by atoms with Gasteiger partial charge in [-0.15, -0.1) is 0 Å². The van der Waals surface area contributed by atoms with Gasteiger partial charge in [0.2, 0.25) is 17.4 Å². The van der Waals surface area contributed by atoms with Gasteiger partial charge < -0.3 is 15.5 Å². The summed E-state index contributed by atoms with van der Waals surface area (Å²) in [4.78, 5) is 23.0. The van der Waals surface area contributed by atoms with Crippen LogP contribution in [0.3, 0.4) is 0 Å². The summed E-state index contributed by atoms with van der Waals surface area (Å²) in [6.45, 7) is 3.57. The Balaban J connectivity index is 1.23. The average molecular weight is 607 g/mol. The van der Waals surface area contributed by atoms with Crippen molar-refractivity contribution in [3.05, 3.63) is 94.4 Å². The van der Waals surface area contributed by atoms with Crippen LogP contribution < -0.4 is 10.5 Å². The second-order valence-corrected chi connectivity index (χ2v) is 12.9. The van der Waals surface area contributed by atoms with Crippen molar-refractivity contribution in [2.24, 2.45) is 0 Å². The van der Waals surface area contributed by atoms with Crippen LogP contribution in [0.4, 0.5) is 14.6 Å². The van der Waals surface area contributed by atoms with Crippen molar-refractivity contribution in [3.63, 3.8) is 0 Å². The molecular formula is C30H28F2N6O4S. The number of pyridine rings is 1. The van der Waals surface area contributed by atoms with Gasteiger partial charge in [-0.3, -0.25) is 9.69 Å².